The van der Waals surface area contributed by atoms with Crippen LogP contribution in [0.25, 0.3) is 28.0 Å². The maximum atomic E-state index is 12.6. The SMILES string of the molecule is Cc1[nH]n2c(=O)cc(-c3cccnc3)nc2c1-c1ccc(N(C)C)cc1. The van der Waals surface area contributed by atoms with Crippen LogP contribution in [-0.2, 0) is 0 Å². The molecule has 0 spiro atoms. The molecule has 26 heavy (non-hydrogen) atoms. The van der Waals surface area contributed by atoms with Crippen molar-refractivity contribution in [2.24, 2.45) is 0 Å². The molecular weight excluding hydrogens is 326 g/mol. The quantitative estimate of drug-likeness (QED) is 0.619. The minimum atomic E-state index is -0.145. The van der Waals surface area contributed by atoms with E-state index < -0.39 is 0 Å². The first-order valence-corrected chi connectivity index (χ1v) is 8.35. The van der Waals surface area contributed by atoms with Gasteiger partial charge in [-0.3, -0.25) is 14.9 Å². The maximum absolute atomic E-state index is 12.6. The molecule has 1 aromatic carbocycles. The molecule has 3 aromatic heterocycles. The third-order valence-electron chi connectivity index (χ3n) is 4.43. The zero-order chi connectivity index (χ0) is 18.3. The Morgan fingerprint density at radius 3 is 2.50 bits per heavy atom. The van der Waals surface area contributed by atoms with Crippen LogP contribution in [0.15, 0.2) is 59.7 Å². The highest BCUT2D eigenvalue weighted by Crippen LogP contribution is 2.29. The summed E-state index contributed by atoms with van der Waals surface area (Å²) in [7, 11) is 4.01. The molecule has 4 rings (SSSR count). The van der Waals surface area contributed by atoms with Crippen LogP contribution >= 0.6 is 0 Å². The van der Waals surface area contributed by atoms with Crippen LogP contribution in [0.3, 0.4) is 0 Å². The van der Waals surface area contributed by atoms with Gasteiger partial charge in [-0.15, -0.1) is 0 Å². The summed E-state index contributed by atoms with van der Waals surface area (Å²) in [6.07, 6.45) is 3.41. The Hall–Kier alpha value is -3.41. The van der Waals surface area contributed by atoms with Crippen LogP contribution in [-0.4, -0.2) is 33.7 Å². The van der Waals surface area contributed by atoms with Crippen LogP contribution in [0, 0.1) is 6.92 Å². The van der Waals surface area contributed by atoms with Crippen molar-refractivity contribution < 1.29 is 0 Å². The molecule has 130 valence electrons. The Morgan fingerprint density at radius 1 is 1.08 bits per heavy atom. The minimum Gasteiger partial charge on any atom is -0.378 e. The predicted octanol–water partition coefficient (Wildman–Crippen LogP) is 3.13. The second kappa shape index (κ2) is 6.15. The lowest BCUT2D eigenvalue weighted by Crippen LogP contribution is -2.14. The first kappa shape index (κ1) is 16.1. The van der Waals surface area contributed by atoms with E-state index in [4.69, 9.17) is 4.98 Å². The number of anilines is 1. The topological polar surface area (TPSA) is 66.3 Å². The van der Waals surface area contributed by atoms with Crippen molar-refractivity contribution in [2.45, 2.75) is 6.92 Å². The van der Waals surface area contributed by atoms with Crippen LogP contribution < -0.4 is 10.5 Å². The normalized spacial score (nSPS) is 11.0. The van der Waals surface area contributed by atoms with Gasteiger partial charge in [-0.25, -0.2) is 9.50 Å². The highest BCUT2D eigenvalue weighted by Gasteiger charge is 2.15. The fourth-order valence-electron chi connectivity index (χ4n) is 3.08. The molecule has 0 fully saturated rings. The number of hydrogen-bond donors (Lipinski definition) is 1. The molecule has 6 nitrogen and oxygen atoms in total. The lowest BCUT2D eigenvalue weighted by Gasteiger charge is -2.12. The van der Waals surface area contributed by atoms with Gasteiger partial charge in [0.15, 0.2) is 5.65 Å². The third-order valence-corrected chi connectivity index (χ3v) is 4.43. The summed E-state index contributed by atoms with van der Waals surface area (Å²) in [5.74, 6) is 0. The van der Waals surface area contributed by atoms with Gasteiger partial charge in [0.25, 0.3) is 5.56 Å². The van der Waals surface area contributed by atoms with Gasteiger partial charge in [0.1, 0.15) is 0 Å². The number of pyridine rings is 1. The van der Waals surface area contributed by atoms with Gasteiger partial charge < -0.3 is 4.90 Å². The molecule has 0 saturated heterocycles. The minimum absolute atomic E-state index is 0.145. The lowest BCUT2D eigenvalue weighted by atomic mass is 10.1. The summed E-state index contributed by atoms with van der Waals surface area (Å²) >= 11 is 0. The molecule has 0 aliphatic heterocycles. The fraction of sp³-hybridized carbons (Fsp3) is 0.150. The van der Waals surface area contributed by atoms with Crippen molar-refractivity contribution in [3.05, 3.63) is 70.9 Å². The van der Waals surface area contributed by atoms with Crippen LogP contribution in [0.2, 0.25) is 0 Å². The van der Waals surface area contributed by atoms with Crippen molar-refractivity contribution >= 4 is 11.3 Å². The molecule has 1 N–H and O–H groups in total. The molecule has 3 heterocycles. The summed E-state index contributed by atoms with van der Waals surface area (Å²) in [4.78, 5) is 23.5. The number of nitrogens with one attached hydrogen (secondary N) is 1. The number of nitrogens with zero attached hydrogens (tertiary/aromatic N) is 4. The average molecular weight is 345 g/mol. The Balaban J connectivity index is 1.93. The summed E-state index contributed by atoms with van der Waals surface area (Å²) in [6, 6.07) is 13.5. The molecule has 6 heteroatoms. The maximum Gasteiger partial charge on any atom is 0.273 e. The van der Waals surface area contributed by atoms with Gasteiger partial charge in [0.05, 0.1) is 5.69 Å². The zero-order valence-electron chi connectivity index (χ0n) is 14.9. The van der Waals surface area contributed by atoms with E-state index in [0.29, 0.717) is 11.3 Å². The molecule has 0 radical (unpaired) electrons. The number of rotatable bonds is 3. The summed E-state index contributed by atoms with van der Waals surface area (Å²) in [6.45, 7) is 1.95. The number of aromatic nitrogens is 4. The van der Waals surface area contributed by atoms with Crippen molar-refractivity contribution in [2.75, 3.05) is 19.0 Å². The number of aryl methyl sites for hydroxylation is 1. The Bertz CT molecular complexity index is 1120. The summed E-state index contributed by atoms with van der Waals surface area (Å²) in [5, 5.41) is 3.13. The number of aromatic amines is 1. The number of benzene rings is 1. The molecule has 0 bridgehead atoms. The van der Waals surface area contributed by atoms with E-state index in [1.54, 1.807) is 12.4 Å². The van der Waals surface area contributed by atoms with E-state index in [2.05, 4.69) is 39.2 Å². The van der Waals surface area contributed by atoms with E-state index in [0.717, 1.165) is 28.1 Å². The molecule has 0 amide bonds. The first-order chi connectivity index (χ1) is 12.5. The van der Waals surface area contributed by atoms with E-state index in [1.165, 1.54) is 10.6 Å². The highest BCUT2D eigenvalue weighted by molar-refractivity contribution is 5.81. The fourth-order valence-corrected chi connectivity index (χ4v) is 3.08. The van der Waals surface area contributed by atoms with Gasteiger partial charge in [-0.2, -0.15) is 0 Å². The largest absolute Gasteiger partial charge is 0.378 e. The van der Waals surface area contributed by atoms with Crippen LogP contribution in [0.1, 0.15) is 5.69 Å². The first-order valence-electron chi connectivity index (χ1n) is 8.35. The van der Waals surface area contributed by atoms with E-state index in [1.807, 2.05) is 33.2 Å². The monoisotopic (exact) mass is 345 g/mol. The van der Waals surface area contributed by atoms with Crippen molar-refractivity contribution in [3.8, 4) is 22.4 Å². The number of hydrogen-bond acceptors (Lipinski definition) is 4. The van der Waals surface area contributed by atoms with E-state index >= 15 is 0 Å². The molecule has 4 aromatic rings. The Morgan fingerprint density at radius 2 is 1.85 bits per heavy atom. The lowest BCUT2D eigenvalue weighted by molar-refractivity contribution is 0.882. The summed E-state index contributed by atoms with van der Waals surface area (Å²) < 4.78 is 1.49. The predicted molar refractivity (Wildman–Crippen MR) is 104 cm³/mol. The average Bonchev–Trinajstić information content (AvgIpc) is 2.99. The van der Waals surface area contributed by atoms with Crippen molar-refractivity contribution in [1.82, 2.24) is 19.6 Å². The van der Waals surface area contributed by atoms with Gasteiger partial charge in [0.2, 0.25) is 0 Å². The van der Waals surface area contributed by atoms with Gasteiger partial charge in [-0.1, -0.05) is 12.1 Å². The molecule has 0 unspecified atom stereocenters. The molecule has 0 aliphatic carbocycles. The molecule has 0 atom stereocenters. The van der Waals surface area contributed by atoms with Gasteiger partial charge in [-0.05, 0) is 36.8 Å². The van der Waals surface area contributed by atoms with Crippen LogP contribution in [0.5, 0.6) is 0 Å². The van der Waals surface area contributed by atoms with Gasteiger partial charge in [0, 0.05) is 55.1 Å². The third kappa shape index (κ3) is 2.65. The summed E-state index contributed by atoms with van der Waals surface area (Å²) in [5.41, 5.74) is 5.87. The number of fused-ring (bicyclic) bond motifs is 1. The van der Waals surface area contributed by atoms with Crippen molar-refractivity contribution in [1.29, 1.82) is 0 Å². The number of H-pyrrole nitrogens is 1. The van der Waals surface area contributed by atoms with E-state index in [-0.39, 0.29) is 5.56 Å². The molecule has 0 aliphatic rings. The molecule has 0 saturated carbocycles. The Kier molecular flexibility index (Phi) is 3.80. The highest BCUT2D eigenvalue weighted by atomic mass is 16.1. The Labute approximate surface area is 150 Å². The van der Waals surface area contributed by atoms with Gasteiger partial charge >= 0.3 is 0 Å². The second-order valence-corrected chi connectivity index (χ2v) is 6.43. The smallest absolute Gasteiger partial charge is 0.273 e. The van der Waals surface area contributed by atoms with Crippen molar-refractivity contribution in [3.63, 3.8) is 0 Å². The molecular formula is C20H19N5O. The van der Waals surface area contributed by atoms with Crippen LogP contribution in [0.4, 0.5) is 5.69 Å². The second-order valence-electron chi connectivity index (χ2n) is 6.43. The van der Waals surface area contributed by atoms with E-state index in [9.17, 15) is 4.79 Å². The standard InChI is InChI=1S/C20H19N5O/c1-13-19(14-6-8-16(9-7-14)24(2)3)20-22-17(11-18(26)25(20)23-13)15-5-4-10-21-12-15/h4-12,23H,1-3H3. The zero-order valence-corrected chi connectivity index (χ0v) is 14.9.